The second-order valence-electron chi connectivity index (χ2n) is 8.34. The smallest absolute Gasteiger partial charge is 0.333 e. The van der Waals surface area contributed by atoms with Crippen molar-refractivity contribution in [2.75, 3.05) is 19.8 Å². The predicted octanol–water partition coefficient (Wildman–Crippen LogP) is 6.63. The van der Waals surface area contributed by atoms with Crippen LogP contribution >= 0.6 is 11.8 Å². The molecule has 3 aromatic carbocycles. The van der Waals surface area contributed by atoms with Crippen LogP contribution in [0.5, 0.6) is 11.5 Å². The van der Waals surface area contributed by atoms with Crippen LogP contribution in [-0.4, -0.2) is 36.9 Å². The van der Waals surface area contributed by atoms with Gasteiger partial charge in [0.15, 0.2) is 0 Å². The Balaban J connectivity index is 1.45. The molecule has 0 aliphatic rings. The zero-order valence-corrected chi connectivity index (χ0v) is 22.5. The highest BCUT2D eigenvalue weighted by Crippen LogP contribution is 2.27. The van der Waals surface area contributed by atoms with E-state index >= 15 is 0 Å². The van der Waals surface area contributed by atoms with E-state index in [2.05, 4.69) is 17.9 Å². The van der Waals surface area contributed by atoms with E-state index in [1.54, 1.807) is 31.2 Å². The lowest BCUT2D eigenvalue weighted by atomic mass is 10.0. The minimum atomic E-state index is -0.446. The lowest BCUT2D eigenvalue weighted by Gasteiger charge is -2.09. The molecule has 0 heterocycles. The van der Waals surface area contributed by atoms with Gasteiger partial charge in [0, 0.05) is 22.5 Å². The van der Waals surface area contributed by atoms with Crippen molar-refractivity contribution in [3.8, 4) is 22.6 Å². The molecule has 0 saturated heterocycles. The molecule has 0 fully saturated rings. The van der Waals surface area contributed by atoms with Crippen LogP contribution in [0, 0.1) is 0 Å². The van der Waals surface area contributed by atoms with Gasteiger partial charge in [-0.2, -0.15) is 0 Å². The maximum absolute atomic E-state index is 12.8. The summed E-state index contributed by atoms with van der Waals surface area (Å²) in [5, 5.41) is -0.0670. The molecule has 0 atom stereocenters. The highest BCUT2D eigenvalue weighted by Gasteiger charge is 2.10. The Labute approximate surface area is 232 Å². The second kappa shape index (κ2) is 15.2. The molecule has 0 radical (unpaired) electrons. The molecule has 8 heteroatoms. The highest BCUT2D eigenvalue weighted by atomic mass is 32.2. The van der Waals surface area contributed by atoms with E-state index in [-0.39, 0.29) is 30.7 Å². The van der Waals surface area contributed by atoms with Crippen LogP contribution in [0.4, 0.5) is 0 Å². The Morgan fingerprint density at radius 1 is 0.795 bits per heavy atom. The first-order chi connectivity index (χ1) is 18.9. The van der Waals surface area contributed by atoms with Crippen molar-refractivity contribution < 1.29 is 33.3 Å². The van der Waals surface area contributed by atoms with Gasteiger partial charge in [-0.05, 0) is 84.8 Å². The van der Waals surface area contributed by atoms with Crippen molar-refractivity contribution in [1.82, 2.24) is 0 Å². The van der Waals surface area contributed by atoms with Gasteiger partial charge in [0.1, 0.15) is 24.7 Å². The standard InChI is InChI=1S/C31H30O7S/c1-4-35-29(32)6-5-19-36-26-13-11-24(12-14-26)23-7-9-25(10-8-23)31(34)39-28-17-15-27(16-18-28)37-20-21-38-30(33)22(2)3/h4,7-18H,1-2,5-6,19-21H2,3H3. The van der Waals surface area contributed by atoms with Crippen LogP contribution in [0.2, 0.25) is 0 Å². The molecular formula is C31H30O7S. The Hall–Kier alpha value is -4.30. The Kier molecular flexibility index (Phi) is 11.4. The fourth-order valence-electron chi connectivity index (χ4n) is 3.29. The topological polar surface area (TPSA) is 88.1 Å². The zero-order valence-electron chi connectivity index (χ0n) is 21.7. The number of hydrogen-bond donors (Lipinski definition) is 0. The summed E-state index contributed by atoms with van der Waals surface area (Å²) >= 11 is 1.13. The van der Waals surface area contributed by atoms with Crippen LogP contribution in [0.1, 0.15) is 30.1 Å². The average molecular weight is 547 g/mol. The number of thioether (sulfide) groups is 1. The van der Waals surface area contributed by atoms with Crippen LogP contribution in [-0.2, 0) is 19.1 Å². The van der Waals surface area contributed by atoms with Crippen molar-refractivity contribution in [1.29, 1.82) is 0 Å². The lowest BCUT2D eigenvalue weighted by Crippen LogP contribution is -2.12. The average Bonchev–Trinajstić information content (AvgIpc) is 2.94. The maximum atomic E-state index is 12.8. The fraction of sp³-hybridized carbons (Fsp3) is 0.194. The minimum Gasteiger partial charge on any atom is -0.494 e. The van der Waals surface area contributed by atoms with E-state index in [1.165, 1.54) is 0 Å². The molecule has 0 bridgehead atoms. The molecule has 0 saturated carbocycles. The maximum Gasteiger partial charge on any atom is 0.333 e. The first-order valence-corrected chi connectivity index (χ1v) is 13.1. The van der Waals surface area contributed by atoms with Crippen LogP contribution in [0.15, 0.2) is 103 Å². The molecule has 0 aliphatic carbocycles. The molecule has 0 aromatic heterocycles. The van der Waals surface area contributed by atoms with Gasteiger partial charge < -0.3 is 18.9 Å². The number of rotatable bonds is 14. The van der Waals surface area contributed by atoms with E-state index < -0.39 is 5.97 Å². The SMILES string of the molecule is C=COC(=O)CCCOc1ccc(-c2ccc(C(=O)Sc3ccc(OCCOC(=O)C(=C)C)cc3)cc2)cc1. The number of carbonyl (C=O) groups is 3. The van der Waals surface area contributed by atoms with Gasteiger partial charge in [-0.25, -0.2) is 4.79 Å². The largest absolute Gasteiger partial charge is 0.494 e. The molecule has 0 spiro atoms. The third-order valence-corrected chi connectivity index (χ3v) is 6.21. The second-order valence-corrected chi connectivity index (χ2v) is 9.38. The molecule has 0 N–H and O–H groups in total. The van der Waals surface area contributed by atoms with Crippen molar-refractivity contribution in [2.45, 2.75) is 24.7 Å². The Morgan fingerprint density at radius 2 is 1.36 bits per heavy atom. The summed E-state index contributed by atoms with van der Waals surface area (Å²) in [6.45, 7) is 9.22. The van der Waals surface area contributed by atoms with E-state index in [0.717, 1.165) is 34.0 Å². The van der Waals surface area contributed by atoms with E-state index in [0.29, 0.717) is 35.7 Å². The number of ether oxygens (including phenoxy) is 4. The molecule has 0 amide bonds. The van der Waals surface area contributed by atoms with Crippen molar-refractivity contribution in [3.05, 3.63) is 103 Å². The van der Waals surface area contributed by atoms with Gasteiger partial charge >= 0.3 is 11.9 Å². The van der Waals surface area contributed by atoms with E-state index in [4.69, 9.17) is 14.2 Å². The molecule has 0 unspecified atom stereocenters. The molecule has 202 valence electrons. The number of carbonyl (C=O) groups excluding carboxylic acids is 3. The molecule has 3 rings (SSSR count). The number of hydrogen-bond acceptors (Lipinski definition) is 8. The van der Waals surface area contributed by atoms with Gasteiger partial charge in [-0.1, -0.05) is 37.4 Å². The quantitative estimate of drug-likeness (QED) is 0.0732. The first kappa shape index (κ1) is 29.3. The van der Waals surface area contributed by atoms with Crippen LogP contribution < -0.4 is 9.47 Å². The van der Waals surface area contributed by atoms with Gasteiger partial charge in [-0.15, -0.1) is 0 Å². The van der Waals surface area contributed by atoms with Gasteiger partial charge in [-0.3, -0.25) is 9.59 Å². The van der Waals surface area contributed by atoms with Crippen molar-refractivity contribution in [2.24, 2.45) is 0 Å². The highest BCUT2D eigenvalue weighted by molar-refractivity contribution is 8.14. The molecule has 0 aliphatic heterocycles. The summed E-state index contributed by atoms with van der Waals surface area (Å²) in [6, 6.07) is 22.2. The van der Waals surface area contributed by atoms with Crippen molar-refractivity contribution >= 4 is 28.8 Å². The zero-order chi connectivity index (χ0) is 28.0. The summed E-state index contributed by atoms with van der Waals surface area (Å²) in [6.07, 6.45) is 1.94. The molecule has 7 nitrogen and oxygen atoms in total. The van der Waals surface area contributed by atoms with E-state index in [9.17, 15) is 14.4 Å². The van der Waals surface area contributed by atoms with Crippen LogP contribution in [0.25, 0.3) is 11.1 Å². The summed E-state index contributed by atoms with van der Waals surface area (Å²) in [5.74, 6) is 0.552. The van der Waals surface area contributed by atoms with Crippen molar-refractivity contribution in [3.63, 3.8) is 0 Å². The molecular weight excluding hydrogens is 516 g/mol. The first-order valence-electron chi connectivity index (χ1n) is 12.3. The van der Waals surface area contributed by atoms with Gasteiger partial charge in [0.25, 0.3) is 0 Å². The summed E-state index contributed by atoms with van der Waals surface area (Å²) in [4.78, 5) is 36.2. The Bertz CT molecular complexity index is 1280. The van der Waals surface area contributed by atoms with Crippen LogP contribution in [0.3, 0.4) is 0 Å². The van der Waals surface area contributed by atoms with Gasteiger partial charge in [0.05, 0.1) is 12.9 Å². The third-order valence-electron chi connectivity index (χ3n) is 5.28. The number of esters is 2. The van der Waals surface area contributed by atoms with Gasteiger partial charge in [0.2, 0.25) is 5.12 Å². The molecule has 3 aromatic rings. The fourth-order valence-corrected chi connectivity index (χ4v) is 4.03. The summed E-state index contributed by atoms with van der Waals surface area (Å²) in [7, 11) is 0. The monoisotopic (exact) mass is 546 g/mol. The summed E-state index contributed by atoms with van der Waals surface area (Å²) in [5.41, 5.74) is 2.91. The Morgan fingerprint density at radius 3 is 1.95 bits per heavy atom. The number of benzene rings is 3. The predicted molar refractivity (Wildman–Crippen MR) is 151 cm³/mol. The lowest BCUT2D eigenvalue weighted by molar-refractivity contribution is -0.140. The van der Waals surface area contributed by atoms with E-state index in [1.807, 2.05) is 48.5 Å². The minimum absolute atomic E-state index is 0.0670. The normalized spacial score (nSPS) is 10.3. The third kappa shape index (κ3) is 9.83. The summed E-state index contributed by atoms with van der Waals surface area (Å²) < 4.78 is 20.9. The molecule has 39 heavy (non-hydrogen) atoms.